The van der Waals surface area contributed by atoms with E-state index in [1.807, 2.05) is 62.2 Å². The van der Waals surface area contributed by atoms with Crippen LogP contribution < -0.4 is 5.32 Å². The van der Waals surface area contributed by atoms with E-state index in [2.05, 4.69) is 40.4 Å². The Bertz CT molecular complexity index is 702. The smallest absolute Gasteiger partial charge is 0.193 e. The molecule has 0 amide bonds. The molecule has 6 nitrogen and oxygen atoms in total. The summed E-state index contributed by atoms with van der Waals surface area (Å²) in [5.74, 6) is 1.39. The first-order valence-electron chi connectivity index (χ1n) is 9.67. The molecule has 0 aliphatic rings. The quantitative estimate of drug-likeness (QED) is 0.323. The minimum absolute atomic E-state index is 0. The third-order valence-electron chi connectivity index (χ3n) is 4.49. The van der Waals surface area contributed by atoms with E-state index >= 15 is 0 Å². The summed E-state index contributed by atoms with van der Waals surface area (Å²) < 4.78 is 7.71. The minimum Gasteiger partial charge on any atom is -0.378 e. The Kier molecular flexibility index (Phi) is 11.1. The molecule has 1 heterocycles. The first-order chi connectivity index (χ1) is 13.0. The molecule has 0 aliphatic heterocycles. The van der Waals surface area contributed by atoms with Gasteiger partial charge in [-0.25, -0.2) is 4.68 Å². The summed E-state index contributed by atoms with van der Waals surface area (Å²) in [6.45, 7) is 8.78. The van der Waals surface area contributed by atoms with Crippen molar-refractivity contribution < 1.29 is 4.74 Å². The van der Waals surface area contributed by atoms with Crippen molar-refractivity contribution in [1.29, 1.82) is 0 Å². The zero-order valence-electron chi connectivity index (χ0n) is 17.6. The van der Waals surface area contributed by atoms with Gasteiger partial charge in [0.2, 0.25) is 0 Å². The SMILES string of the molecule is CCOC(CCNC(=NC)N(C)Cc1cnn(-c2ccccc2)c1)C(C)C.I. The molecule has 0 fully saturated rings. The lowest BCUT2D eigenvalue weighted by Crippen LogP contribution is -2.40. The van der Waals surface area contributed by atoms with E-state index < -0.39 is 0 Å². The summed E-state index contributed by atoms with van der Waals surface area (Å²) in [5.41, 5.74) is 2.20. The van der Waals surface area contributed by atoms with Gasteiger partial charge in [0.15, 0.2) is 5.96 Å². The number of aromatic nitrogens is 2. The molecule has 0 saturated heterocycles. The molecule has 0 saturated carbocycles. The number of hydrogen-bond acceptors (Lipinski definition) is 3. The topological polar surface area (TPSA) is 54.7 Å². The molecule has 28 heavy (non-hydrogen) atoms. The highest BCUT2D eigenvalue weighted by atomic mass is 127. The molecular weight excluding hydrogens is 465 g/mol. The van der Waals surface area contributed by atoms with Crippen LogP contribution in [0.15, 0.2) is 47.7 Å². The lowest BCUT2D eigenvalue weighted by atomic mass is 10.0. The van der Waals surface area contributed by atoms with E-state index in [4.69, 9.17) is 4.74 Å². The normalized spacial score (nSPS) is 12.6. The van der Waals surface area contributed by atoms with Crippen molar-refractivity contribution in [3.8, 4) is 5.69 Å². The van der Waals surface area contributed by atoms with E-state index in [1.165, 1.54) is 0 Å². The Hall–Kier alpha value is -1.61. The fraction of sp³-hybridized carbons (Fsp3) is 0.524. The maximum absolute atomic E-state index is 5.82. The van der Waals surface area contributed by atoms with Gasteiger partial charge in [0.1, 0.15) is 0 Å². The number of guanidine groups is 1. The summed E-state index contributed by atoms with van der Waals surface area (Å²) in [5, 5.41) is 7.90. The minimum atomic E-state index is 0. The van der Waals surface area contributed by atoms with Crippen LogP contribution in [0.2, 0.25) is 0 Å². The third-order valence-corrected chi connectivity index (χ3v) is 4.49. The number of para-hydroxylation sites is 1. The van der Waals surface area contributed by atoms with Gasteiger partial charge >= 0.3 is 0 Å². The predicted octanol–water partition coefficient (Wildman–Crippen LogP) is 3.95. The fourth-order valence-corrected chi connectivity index (χ4v) is 3.05. The third kappa shape index (κ3) is 7.43. The molecule has 1 atom stereocenters. The van der Waals surface area contributed by atoms with E-state index in [1.54, 1.807) is 0 Å². The van der Waals surface area contributed by atoms with Crippen LogP contribution in [0.1, 0.15) is 32.8 Å². The van der Waals surface area contributed by atoms with E-state index in [9.17, 15) is 0 Å². The predicted molar refractivity (Wildman–Crippen MR) is 127 cm³/mol. The van der Waals surface area contributed by atoms with E-state index in [0.29, 0.717) is 5.92 Å². The molecule has 1 N–H and O–H groups in total. The van der Waals surface area contributed by atoms with Crippen molar-refractivity contribution in [3.63, 3.8) is 0 Å². The van der Waals surface area contributed by atoms with Crippen molar-refractivity contribution in [2.45, 2.75) is 39.8 Å². The van der Waals surface area contributed by atoms with Gasteiger partial charge in [-0.2, -0.15) is 5.10 Å². The van der Waals surface area contributed by atoms with Crippen molar-refractivity contribution in [1.82, 2.24) is 20.0 Å². The molecular formula is C21H34IN5O. The average molecular weight is 499 g/mol. The summed E-state index contributed by atoms with van der Waals surface area (Å²) in [6, 6.07) is 10.1. The zero-order chi connectivity index (χ0) is 19.6. The Morgan fingerprint density at radius 3 is 2.61 bits per heavy atom. The molecule has 0 aliphatic carbocycles. The first kappa shape index (κ1) is 24.4. The van der Waals surface area contributed by atoms with Gasteiger partial charge in [0, 0.05) is 45.6 Å². The number of rotatable bonds is 9. The van der Waals surface area contributed by atoms with Gasteiger partial charge in [0.25, 0.3) is 0 Å². The molecule has 7 heteroatoms. The van der Waals surface area contributed by atoms with Crippen molar-refractivity contribution in [2.75, 3.05) is 27.2 Å². The lowest BCUT2D eigenvalue weighted by Gasteiger charge is -2.24. The highest BCUT2D eigenvalue weighted by Gasteiger charge is 2.14. The van der Waals surface area contributed by atoms with Gasteiger partial charge in [-0.1, -0.05) is 32.0 Å². The fourth-order valence-electron chi connectivity index (χ4n) is 3.05. The zero-order valence-corrected chi connectivity index (χ0v) is 20.0. The Morgan fingerprint density at radius 1 is 1.29 bits per heavy atom. The Morgan fingerprint density at radius 2 is 2.00 bits per heavy atom. The standard InChI is InChI=1S/C21H33N5O.HI/c1-6-27-20(17(2)3)12-13-23-21(22-4)25(5)15-18-14-24-26(16-18)19-10-8-7-9-11-19;/h7-11,14,16-17,20H,6,12-13,15H2,1-5H3,(H,22,23);1H. The van der Waals surface area contributed by atoms with Crippen LogP contribution in [0.25, 0.3) is 5.69 Å². The molecule has 0 bridgehead atoms. The molecule has 1 aromatic carbocycles. The molecule has 2 aromatic rings. The molecule has 2 rings (SSSR count). The maximum atomic E-state index is 5.82. The summed E-state index contributed by atoms with van der Waals surface area (Å²) in [7, 11) is 3.85. The molecule has 0 spiro atoms. The van der Waals surface area contributed by atoms with Crippen LogP contribution in [-0.2, 0) is 11.3 Å². The highest BCUT2D eigenvalue weighted by Crippen LogP contribution is 2.11. The summed E-state index contributed by atoms with van der Waals surface area (Å²) in [4.78, 5) is 6.51. The molecule has 156 valence electrons. The second-order valence-corrected chi connectivity index (χ2v) is 6.99. The van der Waals surface area contributed by atoms with E-state index in [-0.39, 0.29) is 30.1 Å². The number of benzene rings is 1. The van der Waals surface area contributed by atoms with Gasteiger partial charge < -0.3 is 15.0 Å². The second-order valence-electron chi connectivity index (χ2n) is 6.99. The van der Waals surface area contributed by atoms with E-state index in [0.717, 1.165) is 43.3 Å². The first-order valence-corrected chi connectivity index (χ1v) is 9.67. The van der Waals surface area contributed by atoms with Crippen molar-refractivity contribution >= 4 is 29.9 Å². The van der Waals surface area contributed by atoms with Crippen LogP contribution in [-0.4, -0.2) is 54.0 Å². The van der Waals surface area contributed by atoms with Gasteiger partial charge in [0.05, 0.1) is 18.0 Å². The van der Waals surface area contributed by atoms with Crippen LogP contribution in [0.5, 0.6) is 0 Å². The average Bonchev–Trinajstić information content (AvgIpc) is 3.13. The van der Waals surface area contributed by atoms with Crippen LogP contribution in [0, 0.1) is 5.92 Å². The number of ether oxygens (including phenoxy) is 1. The lowest BCUT2D eigenvalue weighted by molar-refractivity contribution is 0.0257. The monoisotopic (exact) mass is 499 g/mol. The van der Waals surface area contributed by atoms with Gasteiger partial charge in [-0.15, -0.1) is 24.0 Å². The number of nitrogens with zero attached hydrogens (tertiary/aromatic N) is 4. The largest absolute Gasteiger partial charge is 0.378 e. The molecule has 1 aromatic heterocycles. The Balaban J connectivity index is 0.00000392. The summed E-state index contributed by atoms with van der Waals surface area (Å²) in [6.07, 6.45) is 5.20. The van der Waals surface area contributed by atoms with Gasteiger partial charge in [-0.05, 0) is 31.4 Å². The maximum Gasteiger partial charge on any atom is 0.193 e. The number of nitrogens with one attached hydrogen (secondary N) is 1. The van der Waals surface area contributed by atoms with Crippen LogP contribution >= 0.6 is 24.0 Å². The number of halogens is 1. The number of aliphatic imine (C=N–C) groups is 1. The second kappa shape index (κ2) is 12.8. The highest BCUT2D eigenvalue weighted by molar-refractivity contribution is 14.0. The Labute approximate surface area is 186 Å². The molecule has 0 radical (unpaired) electrons. The molecule has 1 unspecified atom stereocenters. The van der Waals surface area contributed by atoms with Crippen molar-refractivity contribution in [2.24, 2.45) is 10.9 Å². The van der Waals surface area contributed by atoms with Crippen molar-refractivity contribution in [3.05, 3.63) is 48.3 Å². The van der Waals surface area contributed by atoms with Crippen LogP contribution in [0.3, 0.4) is 0 Å². The van der Waals surface area contributed by atoms with Crippen LogP contribution in [0.4, 0.5) is 0 Å². The number of hydrogen-bond donors (Lipinski definition) is 1. The summed E-state index contributed by atoms with van der Waals surface area (Å²) >= 11 is 0. The van der Waals surface area contributed by atoms with Gasteiger partial charge in [-0.3, -0.25) is 4.99 Å².